The number of aliphatic hydroxyl groups excluding tert-OH is 1. The Bertz CT molecular complexity index is 666. The molecule has 1 aliphatic rings. The Morgan fingerprint density at radius 3 is 2.70 bits per heavy atom. The van der Waals surface area contributed by atoms with Gasteiger partial charge in [0.15, 0.2) is 5.69 Å². The lowest BCUT2D eigenvalue weighted by molar-refractivity contribution is 0.00688. The highest BCUT2D eigenvalue weighted by Gasteiger charge is 2.24. The molecule has 3 N–H and O–H groups in total. The van der Waals surface area contributed by atoms with Gasteiger partial charge in [0.25, 0.3) is 5.91 Å². The second kappa shape index (κ2) is 6.83. The summed E-state index contributed by atoms with van der Waals surface area (Å²) in [6, 6.07) is 8.85. The molecule has 2 unspecified atom stereocenters. The number of aromatic nitrogens is 2. The fourth-order valence-electron chi connectivity index (χ4n) is 2.74. The number of nitrogens with one attached hydrogen (secondary N) is 2. The van der Waals surface area contributed by atoms with Gasteiger partial charge < -0.3 is 15.2 Å². The second-order valence-corrected chi connectivity index (χ2v) is 5.92. The van der Waals surface area contributed by atoms with E-state index in [1.165, 1.54) is 0 Å². The Labute approximate surface area is 134 Å². The van der Waals surface area contributed by atoms with Gasteiger partial charge in [-0.05, 0) is 56.5 Å². The molecule has 1 fully saturated rings. The molecule has 0 radical (unpaired) electrons. The molecule has 1 aliphatic carbocycles. The Kier molecular flexibility index (Phi) is 4.62. The van der Waals surface area contributed by atoms with Crippen molar-refractivity contribution in [2.75, 3.05) is 5.32 Å². The summed E-state index contributed by atoms with van der Waals surface area (Å²) in [5, 5.41) is 19.4. The molecule has 1 saturated carbocycles. The van der Waals surface area contributed by atoms with Gasteiger partial charge in [-0.15, -0.1) is 0 Å². The first kappa shape index (κ1) is 15.6. The van der Waals surface area contributed by atoms with Crippen molar-refractivity contribution in [2.24, 2.45) is 0 Å². The zero-order chi connectivity index (χ0) is 16.2. The number of hydrogen-bond acceptors (Lipinski definition) is 4. The molecule has 23 heavy (non-hydrogen) atoms. The number of anilines is 1. The third-order valence-electron chi connectivity index (χ3n) is 4.01. The van der Waals surface area contributed by atoms with Gasteiger partial charge >= 0.3 is 0 Å². The van der Waals surface area contributed by atoms with Gasteiger partial charge in [0.05, 0.1) is 6.10 Å². The van der Waals surface area contributed by atoms with E-state index in [1.807, 2.05) is 6.92 Å². The molecule has 1 heterocycles. The van der Waals surface area contributed by atoms with E-state index in [9.17, 15) is 9.90 Å². The zero-order valence-electron chi connectivity index (χ0n) is 13.1. The number of H-pyrrole nitrogens is 1. The van der Waals surface area contributed by atoms with E-state index in [1.54, 1.807) is 30.3 Å². The van der Waals surface area contributed by atoms with Gasteiger partial charge in [0, 0.05) is 11.4 Å². The first-order valence-corrected chi connectivity index (χ1v) is 7.90. The normalized spacial score (nSPS) is 21.0. The molecule has 6 heteroatoms. The first-order valence-electron chi connectivity index (χ1n) is 7.90. The number of ether oxygens (including phenoxy) is 1. The number of aromatic amines is 1. The standard InChI is InChI=1S/C17H21N3O3/c1-11-10-14(20-19-11)17(22)18-12-6-8-13(9-7-12)23-16-5-3-2-4-15(16)21/h6-10,15-16,21H,2-5H2,1H3,(H,18,22)(H,19,20). The highest BCUT2D eigenvalue weighted by molar-refractivity contribution is 6.02. The predicted molar refractivity (Wildman–Crippen MR) is 86.6 cm³/mol. The molecule has 0 bridgehead atoms. The third-order valence-corrected chi connectivity index (χ3v) is 4.01. The molecule has 2 atom stereocenters. The van der Waals surface area contributed by atoms with E-state index in [2.05, 4.69) is 15.5 Å². The van der Waals surface area contributed by atoms with Gasteiger partial charge in [-0.1, -0.05) is 6.42 Å². The van der Waals surface area contributed by atoms with Crippen LogP contribution in [-0.2, 0) is 0 Å². The van der Waals surface area contributed by atoms with Crippen LogP contribution in [0.4, 0.5) is 5.69 Å². The van der Waals surface area contributed by atoms with Crippen molar-refractivity contribution >= 4 is 11.6 Å². The fraction of sp³-hybridized carbons (Fsp3) is 0.412. The number of carbonyl (C=O) groups excluding carboxylic acids is 1. The lowest BCUT2D eigenvalue weighted by Gasteiger charge is -2.28. The SMILES string of the molecule is Cc1cc(C(=O)Nc2ccc(OC3CCCCC3O)cc2)n[nH]1. The Balaban J connectivity index is 1.59. The van der Waals surface area contributed by atoms with Crippen molar-refractivity contribution in [3.8, 4) is 5.75 Å². The van der Waals surface area contributed by atoms with Crippen LogP contribution in [0.2, 0.25) is 0 Å². The molecule has 2 aromatic rings. The van der Waals surface area contributed by atoms with Crippen LogP contribution >= 0.6 is 0 Å². The minimum atomic E-state index is -0.397. The summed E-state index contributed by atoms with van der Waals surface area (Å²) in [6.45, 7) is 1.84. The summed E-state index contributed by atoms with van der Waals surface area (Å²) in [4.78, 5) is 12.0. The molecular formula is C17H21N3O3. The van der Waals surface area contributed by atoms with E-state index in [0.717, 1.165) is 31.4 Å². The number of aliphatic hydroxyl groups is 1. The van der Waals surface area contributed by atoms with E-state index in [0.29, 0.717) is 17.1 Å². The van der Waals surface area contributed by atoms with Crippen molar-refractivity contribution in [1.29, 1.82) is 0 Å². The Morgan fingerprint density at radius 1 is 1.30 bits per heavy atom. The first-order chi connectivity index (χ1) is 11.1. The summed E-state index contributed by atoms with van der Waals surface area (Å²) in [5.41, 5.74) is 1.87. The lowest BCUT2D eigenvalue weighted by atomic mass is 9.95. The summed E-state index contributed by atoms with van der Waals surface area (Å²) in [7, 11) is 0. The molecule has 1 aromatic heterocycles. The van der Waals surface area contributed by atoms with Gasteiger partial charge in [0.2, 0.25) is 0 Å². The zero-order valence-corrected chi connectivity index (χ0v) is 13.1. The van der Waals surface area contributed by atoms with Crippen molar-refractivity contribution < 1.29 is 14.6 Å². The van der Waals surface area contributed by atoms with E-state index in [4.69, 9.17) is 4.74 Å². The third kappa shape index (κ3) is 3.90. The number of carbonyl (C=O) groups is 1. The highest BCUT2D eigenvalue weighted by Crippen LogP contribution is 2.25. The van der Waals surface area contributed by atoms with Gasteiger partial charge in [-0.3, -0.25) is 9.89 Å². The van der Waals surface area contributed by atoms with Gasteiger partial charge in [-0.2, -0.15) is 5.10 Å². The average Bonchev–Trinajstić information content (AvgIpc) is 2.98. The van der Waals surface area contributed by atoms with Gasteiger partial charge in [-0.25, -0.2) is 0 Å². The minimum absolute atomic E-state index is 0.142. The van der Waals surface area contributed by atoms with Crippen LogP contribution in [0.25, 0.3) is 0 Å². The number of rotatable bonds is 4. The van der Waals surface area contributed by atoms with Crippen LogP contribution in [0, 0.1) is 6.92 Å². The van der Waals surface area contributed by atoms with Gasteiger partial charge in [0.1, 0.15) is 11.9 Å². The quantitative estimate of drug-likeness (QED) is 0.809. The van der Waals surface area contributed by atoms with Crippen LogP contribution in [0.3, 0.4) is 0 Å². The fourth-order valence-corrected chi connectivity index (χ4v) is 2.74. The van der Waals surface area contributed by atoms with Crippen molar-refractivity contribution in [3.05, 3.63) is 41.7 Å². The molecular weight excluding hydrogens is 294 g/mol. The highest BCUT2D eigenvalue weighted by atomic mass is 16.5. The monoisotopic (exact) mass is 315 g/mol. The van der Waals surface area contributed by atoms with Crippen molar-refractivity contribution in [2.45, 2.75) is 44.8 Å². The maximum Gasteiger partial charge on any atom is 0.276 e. The predicted octanol–water partition coefficient (Wildman–Crippen LogP) is 2.65. The number of benzene rings is 1. The lowest BCUT2D eigenvalue weighted by Crippen LogP contribution is -2.34. The average molecular weight is 315 g/mol. The van der Waals surface area contributed by atoms with Crippen LogP contribution in [0.15, 0.2) is 30.3 Å². The maximum atomic E-state index is 12.0. The van der Waals surface area contributed by atoms with Crippen molar-refractivity contribution in [1.82, 2.24) is 10.2 Å². The Morgan fingerprint density at radius 2 is 2.04 bits per heavy atom. The number of aryl methyl sites for hydroxylation is 1. The molecule has 122 valence electrons. The van der Waals surface area contributed by atoms with Crippen LogP contribution < -0.4 is 10.1 Å². The maximum absolute atomic E-state index is 12.0. The second-order valence-electron chi connectivity index (χ2n) is 5.92. The van der Waals surface area contributed by atoms with Crippen LogP contribution in [-0.4, -0.2) is 33.4 Å². The number of nitrogens with zero attached hydrogens (tertiary/aromatic N) is 1. The minimum Gasteiger partial charge on any atom is -0.488 e. The topological polar surface area (TPSA) is 87.2 Å². The summed E-state index contributed by atoms with van der Waals surface area (Å²) >= 11 is 0. The van der Waals surface area contributed by atoms with E-state index in [-0.39, 0.29) is 12.0 Å². The van der Waals surface area contributed by atoms with Crippen LogP contribution in [0.1, 0.15) is 41.9 Å². The molecule has 3 rings (SSSR count). The van der Waals surface area contributed by atoms with E-state index >= 15 is 0 Å². The summed E-state index contributed by atoms with van der Waals surface area (Å²) in [5.74, 6) is 0.440. The van der Waals surface area contributed by atoms with Crippen molar-refractivity contribution in [3.63, 3.8) is 0 Å². The van der Waals surface area contributed by atoms with Crippen LogP contribution in [0.5, 0.6) is 5.75 Å². The molecule has 0 spiro atoms. The molecule has 1 amide bonds. The molecule has 6 nitrogen and oxygen atoms in total. The molecule has 0 saturated heterocycles. The largest absolute Gasteiger partial charge is 0.488 e. The summed E-state index contributed by atoms with van der Waals surface area (Å²) in [6.07, 6.45) is 3.26. The molecule has 1 aromatic carbocycles. The summed E-state index contributed by atoms with van der Waals surface area (Å²) < 4.78 is 5.84. The smallest absolute Gasteiger partial charge is 0.276 e. The molecule has 0 aliphatic heterocycles. The van der Waals surface area contributed by atoms with E-state index < -0.39 is 6.10 Å². The number of hydrogen-bond donors (Lipinski definition) is 3. The number of amides is 1. The Hall–Kier alpha value is -2.34.